The van der Waals surface area contributed by atoms with Crippen LogP contribution in [0.15, 0.2) is 53.6 Å². The minimum atomic E-state index is -0.233. The van der Waals surface area contributed by atoms with Gasteiger partial charge in [-0.2, -0.15) is 0 Å². The van der Waals surface area contributed by atoms with Gasteiger partial charge in [0.2, 0.25) is 0 Å². The Kier molecular flexibility index (Phi) is 4.50. The Morgan fingerprint density at radius 3 is 2.74 bits per heavy atom. The summed E-state index contributed by atoms with van der Waals surface area (Å²) in [5, 5.41) is 0.603. The largest absolute Gasteiger partial charge is 0.313 e. The van der Waals surface area contributed by atoms with Crippen molar-refractivity contribution in [2.75, 3.05) is 0 Å². The quantitative estimate of drug-likeness (QED) is 0.740. The smallest absolute Gasteiger partial charge is 0.266 e. The Bertz CT molecular complexity index is 1020. The van der Waals surface area contributed by atoms with Crippen LogP contribution in [0.25, 0.3) is 12.2 Å². The summed E-state index contributed by atoms with van der Waals surface area (Å²) in [4.78, 5) is 30.7. The maximum atomic E-state index is 12.1. The SMILES string of the molecule is O=C(/C=c1/[nH]c(=O)/c(=C/c2cccc(Cl)c2)s1)c1ccncc1. The van der Waals surface area contributed by atoms with Crippen molar-refractivity contribution in [1.82, 2.24) is 9.97 Å². The maximum absolute atomic E-state index is 12.1. The molecule has 0 atom stereocenters. The molecule has 0 aliphatic heterocycles. The van der Waals surface area contributed by atoms with Crippen molar-refractivity contribution in [2.24, 2.45) is 0 Å². The standard InChI is InChI=1S/C17H11ClN2O2S/c18-13-3-1-2-11(8-13)9-15-17(22)20-16(23-15)10-14(21)12-4-6-19-7-5-12/h1-10H,(H,20,22)/b15-9-,16-10-. The molecule has 0 unspecified atom stereocenters. The van der Waals surface area contributed by atoms with E-state index in [1.807, 2.05) is 12.1 Å². The van der Waals surface area contributed by atoms with E-state index in [-0.39, 0.29) is 11.3 Å². The average Bonchev–Trinajstić information content (AvgIpc) is 2.87. The molecule has 23 heavy (non-hydrogen) atoms. The Balaban J connectivity index is 2.00. The molecule has 2 aromatic heterocycles. The molecule has 3 rings (SSSR count). The molecule has 0 saturated carbocycles. The van der Waals surface area contributed by atoms with Crippen LogP contribution in [-0.4, -0.2) is 15.8 Å². The van der Waals surface area contributed by atoms with E-state index in [1.165, 1.54) is 17.4 Å². The second-order valence-corrected chi connectivity index (χ2v) is 6.25. The number of rotatable bonds is 3. The molecule has 0 bridgehead atoms. The molecule has 2 heterocycles. The molecular formula is C17H11ClN2O2S. The summed E-state index contributed by atoms with van der Waals surface area (Å²) in [5.74, 6) is -0.181. The Labute approximate surface area is 140 Å². The fourth-order valence-electron chi connectivity index (χ4n) is 1.99. The number of benzene rings is 1. The summed E-state index contributed by atoms with van der Waals surface area (Å²) in [7, 11) is 0. The van der Waals surface area contributed by atoms with Gasteiger partial charge in [0.1, 0.15) is 0 Å². The number of aromatic amines is 1. The molecule has 1 N–H and O–H groups in total. The van der Waals surface area contributed by atoms with E-state index in [9.17, 15) is 9.59 Å². The topological polar surface area (TPSA) is 62.8 Å². The Hall–Kier alpha value is -2.50. The molecule has 0 fully saturated rings. The number of thiazole rings is 1. The molecule has 114 valence electrons. The number of ketones is 1. The first kappa shape index (κ1) is 15.4. The molecule has 0 saturated heterocycles. The van der Waals surface area contributed by atoms with Crippen LogP contribution in [0.3, 0.4) is 0 Å². The minimum absolute atomic E-state index is 0.181. The molecule has 4 nitrogen and oxygen atoms in total. The van der Waals surface area contributed by atoms with Crippen molar-refractivity contribution in [1.29, 1.82) is 0 Å². The number of nitrogens with one attached hydrogen (secondary N) is 1. The fraction of sp³-hybridized carbons (Fsp3) is 0. The van der Waals surface area contributed by atoms with Crippen LogP contribution >= 0.6 is 22.9 Å². The van der Waals surface area contributed by atoms with Gasteiger partial charge in [-0.15, -0.1) is 11.3 Å². The normalized spacial score (nSPS) is 12.6. The van der Waals surface area contributed by atoms with Crippen LogP contribution < -0.4 is 14.8 Å². The first-order chi connectivity index (χ1) is 11.1. The van der Waals surface area contributed by atoms with Crippen LogP contribution in [0.4, 0.5) is 0 Å². The second kappa shape index (κ2) is 6.73. The van der Waals surface area contributed by atoms with E-state index in [0.29, 0.717) is 19.8 Å². The number of carbonyl (C=O) groups excluding carboxylic acids is 1. The third-order valence-corrected chi connectivity index (χ3v) is 4.25. The van der Waals surface area contributed by atoms with Gasteiger partial charge in [0.15, 0.2) is 5.78 Å². The summed E-state index contributed by atoms with van der Waals surface area (Å²) in [6, 6.07) is 10.5. The zero-order chi connectivity index (χ0) is 16.2. The van der Waals surface area contributed by atoms with Gasteiger partial charge in [-0.1, -0.05) is 23.7 Å². The first-order valence-electron chi connectivity index (χ1n) is 6.74. The number of hydrogen-bond donors (Lipinski definition) is 1. The molecule has 1 aromatic carbocycles. The van der Waals surface area contributed by atoms with Crippen LogP contribution in [0, 0.1) is 0 Å². The summed E-state index contributed by atoms with van der Waals surface area (Å²) >= 11 is 7.16. The summed E-state index contributed by atoms with van der Waals surface area (Å²) in [6.45, 7) is 0. The fourth-order valence-corrected chi connectivity index (χ4v) is 3.07. The highest BCUT2D eigenvalue weighted by molar-refractivity contribution is 7.07. The van der Waals surface area contributed by atoms with Crippen molar-refractivity contribution in [2.45, 2.75) is 0 Å². The second-order valence-electron chi connectivity index (χ2n) is 4.73. The van der Waals surface area contributed by atoms with Crippen molar-refractivity contribution in [3.8, 4) is 0 Å². The van der Waals surface area contributed by atoms with E-state index in [0.717, 1.165) is 5.56 Å². The summed E-state index contributed by atoms with van der Waals surface area (Å²) in [5.41, 5.74) is 1.12. The molecule has 3 aromatic rings. The van der Waals surface area contributed by atoms with E-state index < -0.39 is 0 Å². The van der Waals surface area contributed by atoms with Gasteiger partial charge in [-0.3, -0.25) is 14.6 Å². The summed E-state index contributed by atoms with van der Waals surface area (Å²) < 4.78 is 1.02. The van der Waals surface area contributed by atoms with Crippen molar-refractivity contribution in [3.63, 3.8) is 0 Å². The van der Waals surface area contributed by atoms with Gasteiger partial charge in [0.05, 0.1) is 9.20 Å². The molecule has 6 heteroatoms. The van der Waals surface area contributed by atoms with Gasteiger partial charge in [0, 0.05) is 29.1 Å². The zero-order valence-corrected chi connectivity index (χ0v) is 13.4. The van der Waals surface area contributed by atoms with Gasteiger partial charge in [-0.25, -0.2) is 0 Å². The van der Waals surface area contributed by atoms with Gasteiger partial charge < -0.3 is 4.98 Å². The average molecular weight is 343 g/mol. The highest BCUT2D eigenvalue weighted by atomic mass is 35.5. The van der Waals surface area contributed by atoms with Gasteiger partial charge in [-0.05, 0) is 35.9 Å². The number of carbonyl (C=O) groups is 1. The lowest BCUT2D eigenvalue weighted by molar-refractivity contribution is 0.106. The number of aromatic nitrogens is 2. The number of H-pyrrole nitrogens is 1. The minimum Gasteiger partial charge on any atom is -0.313 e. The van der Waals surface area contributed by atoms with E-state index >= 15 is 0 Å². The number of halogens is 1. The number of hydrogen-bond acceptors (Lipinski definition) is 4. The molecular weight excluding hydrogens is 332 g/mol. The third-order valence-electron chi connectivity index (χ3n) is 3.05. The molecule has 0 radical (unpaired) electrons. The van der Waals surface area contributed by atoms with Gasteiger partial charge in [0.25, 0.3) is 5.56 Å². The van der Waals surface area contributed by atoms with E-state index in [4.69, 9.17) is 11.6 Å². The number of nitrogens with zero attached hydrogens (tertiary/aromatic N) is 1. The van der Waals surface area contributed by atoms with Crippen LogP contribution in [-0.2, 0) is 0 Å². The lowest BCUT2D eigenvalue weighted by atomic mass is 10.2. The van der Waals surface area contributed by atoms with E-state index in [1.54, 1.807) is 42.7 Å². The summed E-state index contributed by atoms with van der Waals surface area (Å²) in [6.07, 6.45) is 6.26. The molecule has 0 spiro atoms. The molecule has 0 aliphatic carbocycles. The van der Waals surface area contributed by atoms with Crippen molar-refractivity contribution >= 4 is 40.9 Å². The molecule has 0 amide bonds. The van der Waals surface area contributed by atoms with E-state index in [2.05, 4.69) is 9.97 Å². The highest BCUT2D eigenvalue weighted by Gasteiger charge is 2.02. The lowest BCUT2D eigenvalue weighted by Crippen LogP contribution is -2.20. The molecule has 0 aliphatic rings. The number of Topliss-reactive ketones (excluding diaryl/α,β-unsaturated/α-hetero) is 1. The third kappa shape index (κ3) is 3.83. The van der Waals surface area contributed by atoms with Gasteiger partial charge >= 0.3 is 0 Å². The van der Waals surface area contributed by atoms with Crippen molar-refractivity contribution < 1.29 is 4.79 Å². The Morgan fingerprint density at radius 1 is 1.22 bits per heavy atom. The predicted molar refractivity (Wildman–Crippen MR) is 92.2 cm³/mol. The predicted octanol–water partition coefficient (Wildman–Crippen LogP) is 1.98. The van der Waals surface area contributed by atoms with Crippen molar-refractivity contribution in [3.05, 3.63) is 84.5 Å². The lowest BCUT2D eigenvalue weighted by Gasteiger charge is -1.92. The zero-order valence-electron chi connectivity index (χ0n) is 11.8. The number of pyridine rings is 1. The van der Waals surface area contributed by atoms with Crippen LogP contribution in [0.5, 0.6) is 0 Å². The van der Waals surface area contributed by atoms with Crippen LogP contribution in [0.2, 0.25) is 5.02 Å². The van der Waals surface area contributed by atoms with Crippen LogP contribution in [0.1, 0.15) is 15.9 Å². The maximum Gasteiger partial charge on any atom is 0.266 e. The Morgan fingerprint density at radius 2 is 2.00 bits per heavy atom. The monoisotopic (exact) mass is 342 g/mol. The first-order valence-corrected chi connectivity index (χ1v) is 7.94. The highest BCUT2D eigenvalue weighted by Crippen LogP contribution is 2.10.